The molecular weight excluding hydrogens is 373 g/mol. The number of nitriles is 1. The van der Waals surface area contributed by atoms with Crippen molar-refractivity contribution in [3.8, 4) is 6.07 Å². The lowest BCUT2D eigenvalue weighted by molar-refractivity contribution is -0.121. The lowest BCUT2D eigenvalue weighted by Gasteiger charge is -2.37. The van der Waals surface area contributed by atoms with Crippen molar-refractivity contribution in [3.05, 3.63) is 59.9 Å². The Hall–Kier alpha value is -3.44. The number of nitrogens with zero attached hydrogens (tertiary/aromatic N) is 3. The number of piperazine rings is 1. The van der Waals surface area contributed by atoms with Gasteiger partial charge in [-0.05, 0) is 43.3 Å². The van der Waals surface area contributed by atoms with Gasteiger partial charge >= 0.3 is 6.03 Å². The summed E-state index contributed by atoms with van der Waals surface area (Å²) in [7, 11) is 0. The summed E-state index contributed by atoms with van der Waals surface area (Å²) in [5, 5.41) is 14.5. The fourth-order valence-electron chi connectivity index (χ4n) is 3.16. The van der Waals surface area contributed by atoms with Gasteiger partial charge in [0.1, 0.15) is 5.82 Å². The van der Waals surface area contributed by atoms with Gasteiger partial charge in [-0.1, -0.05) is 12.1 Å². The average molecular weight is 395 g/mol. The molecule has 2 aromatic carbocycles. The van der Waals surface area contributed by atoms with E-state index in [-0.39, 0.29) is 11.9 Å². The summed E-state index contributed by atoms with van der Waals surface area (Å²) >= 11 is 0. The molecule has 3 amide bonds. The molecule has 8 heteroatoms. The third kappa shape index (κ3) is 5.30. The van der Waals surface area contributed by atoms with Gasteiger partial charge in [0.2, 0.25) is 5.91 Å². The summed E-state index contributed by atoms with van der Waals surface area (Å²) in [5.41, 5.74) is 1.46. The van der Waals surface area contributed by atoms with E-state index in [1.54, 1.807) is 48.2 Å². The van der Waals surface area contributed by atoms with Gasteiger partial charge in [0.25, 0.3) is 0 Å². The van der Waals surface area contributed by atoms with Crippen LogP contribution >= 0.6 is 0 Å². The average Bonchev–Trinajstić information content (AvgIpc) is 2.73. The van der Waals surface area contributed by atoms with Crippen molar-refractivity contribution in [3.63, 3.8) is 0 Å². The summed E-state index contributed by atoms with van der Waals surface area (Å²) < 4.78 is 13.3. The van der Waals surface area contributed by atoms with Crippen LogP contribution in [0.2, 0.25) is 0 Å². The lowest BCUT2D eigenvalue weighted by Crippen LogP contribution is -2.54. The van der Waals surface area contributed by atoms with Gasteiger partial charge in [-0.3, -0.25) is 9.69 Å². The molecule has 0 aliphatic carbocycles. The number of anilines is 2. The van der Waals surface area contributed by atoms with Crippen LogP contribution < -0.4 is 10.6 Å². The quantitative estimate of drug-likeness (QED) is 0.833. The van der Waals surface area contributed by atoms with Gasteiger partial charge in [0.05, 0.1) is 17.7 Å². The Labute approximate surface area is 168 Å². The first-order chi connectivity index (χ1) is 14.0. The topological polar surface area (TPSA) is 88.5 Å². The number of carbonyl (C=O) groups is 2. The van der Waals surface area contributed by atoms with Crippen LogP contribution in [0, 0.1) is 17.1 Å². The van der Waals surface area contributed by atoms with Crippen LogP contribution in [0.3, 0.4) is 0 Å². The van der Waals surface area contributed by atoms with Crippen LogP contribution in [0.4, 0.5) is 20.6 Å². The van der Waals surface area contributed by atoms with Crippen molar-refractivity contribution in [1.29, 1.82) is 5.26 Å². The molecule has 1 aliphatic rings. The summed E-state index contributed by atoms with van der Waals surface area (Å²) in [5.74, 6) is -0.628. The van der Waals surface area contributed by atoms with E-state index in [1.807, 2.05) is 11.0 Å². The number of benzene rings is 2. The largest absolute Gasteiger partial charge is 0.325 e. The third-order valence-electron chi connectivity index (χ3n) is 4.86. The van der Waals surface area contributed by atoms with Crippen LogP contribution in [0.15, 0.2) is 48.5 Å². The zero-order chi connectivity index (χ0) is 20.8. The fraction of sp³-hybridized carbons (Fsp3) is 0.286. The Balaban J connectivity index is 1.50. The minimum atomic E-state index is -0.407. The van der Waals surface area contributed by atoms with E-state index in [4.69, 9.17) is 5.26 Å². The number of rotatable bonds is 4. The maximum atomic E-state index is 13.3. The summed E-state index contributed by atoms with van der Waals surface area (Å²) in [6, 6.07) is 13.9. The second-order valence-electron chi connectivity index (χ2n) is 6.82. The molecule has 2 N–H and O–H groups in total. The van der Waals surface area contributed by atoms with Crippen molar-refractivity contribution in [2.45, 2.75) is 13.0 Å². The standard InChI is InChI=1S/C21H22FN5O2/c1-15(20(28)24-19-7-3-5-17(22)13-19)26-8-10-27(11-9-26)21(29)25-18-6-2-4-16(12-18)14-23/h2-7,12-13,15H,8-11H2,1H3,(H,24,28)(H,25,29). The van der Waals surface area contributed by atoms with E-state index in [9.17, 15) is 14.0 Å². The molecule has 1 atom stereocenters. The van der Waals surface area contributed by atoms with Crippen molar-refractivity contribution in [1.82, 2.24) is 9.80 Å². The zero-order valence-corrected chi connectivity index (χ0v) is 16.1. The smallest absolute Gasteiger partial charge is 0.321 e. The molecule has 7 nitrogen and oxygen atoms in total. The number of hydrogen-bond acceptors (Lipinski definition) is 4. The molecular formula is C21H22FN5O2. The van der Waals surface area contributed by atoms with Crippen molar-refractivity contribution >= 4 is 23.3 Å². The molecule has 1 fully saturated rings. The molecule has 150 valence electrons. The number of nitrogens with one attached hydrogen (secondary N) is 2. The maximum Gasteiger partial charge on any atom is 0.321 e. The molecule has 3 rings (SSSR count). The minimum absolute atomic E-state index is 0.221. The maximum absolute atomic E-state index is 13.3. The van der Waals surface area contributed by atoms with Crippen molar-refractivity contribution < 1.29 is 14.0 Å². The Morgan fingerprint density at radius 3 is 2.34 bits per heavy atom. The Kier molecular flexibility index (Phi) is 6.42. The fourth-order valence-corrected chi connectivity index (χ4v) is 3.16. The summed E-state index contributed by atoms with van der Waals surface area (Å²) in [6.07, 6.45) is 0. The Morgan fingerprint density at radius 2 is 1.69 bits per heavy atom. The molecule has 1 aliphatic heterocycles. The van der Waals surface area contributed by atoms with E-state index in [2.05, 4.69) is 10.6 Å². The normalized spacial score (nSPS) is 15.3. The predicted octanol–water partition coefficient (Wildman–Crippen LogP) is 2.87. The first-order valence-corrected chi connectivity index (χ1v) is 9.33. The van der Waals surface area contributed by atoms with E-state index < -0.39 is 11.9 Å². The van der Waals surface area contributed by atoms with Gasteiger partial charge in [-0.25, -0.2) is 9.18 Å². The molecule has 2 aromatic rings. The van der Waals surface area contributed by atoms with Crippen LogP contribution in [0.5, 0.6) is 0 Å². The number of hydrogen-bond donors (Lipinski definition) is 2. The number of carbonyl (C=O) groups excluding carboxylic acids is 2. The van der Waals surface area contributed by atoms with E-state index >= 15 is 0 Å². The van der Waals surface area contributed by atoms with Crippen molar-refractivity contribution in [2.75, 3.05) is 36.8 Å². The molecule has 0 saturated carbocycles. The van der Waals surface area contributed by atoms with E-state index in [0.717, 1.165) is 0 Å². The molecule has 0 bridgehead atoms. The second-order valence-corrected chi connectivity index (χ2v) is 6.82. The highest BCUT2D eigenvalue weighted by Crippen LogP contribution is 2.14. The van der Waals surface area contributed by atoms with Crippen LogP contribution in [-0.4, -0.2) is 54.0 Å². The molecule has 1 heterocycles. The molecule has 1 unspecified atom stereocenters. The van der Waals surface area contributed by atoms with E-state index in [0.29, 0.717) is 43.1 Å². The zero-order valence-electron chi connectivity index (χ0n) is 16.1. The van der Waals surface area contributed by atoms with E-state index in [1.165, 1.54) is 12.1 Å². The first-order valence-electron chi connectivity index (χ1n) is 9.33. The van der Waals surface area contributed by atoms with Crippen molar-refractivity contribution in [2.24, 2.45) is 0 Å². The SMILES string of the molecule is CC(C(=O)Nc1cccc(F)c1)N1CCN(C(=O)Nc2cccc(C#N)c2)CC1. The number of amides is 3. The monoisotopic (exact) mass is 395 g/mol. The van der Waals surface area contributed by atoms with Gasteiger partial charge in [0, 0.05) is 37.6 Å². The van der Waals surface area contributed by atoms with Crippen LogP contribution in [0.25, 0.3) is 0 Å². The van der Waals surface area contributed by atoms with Crippen LogP contribution in [0.1, 0.15) is 12.5 Å². The third-order valence-corrected chi connectivity index (χ3v) is 4.86. The Bertz CT molecular complexity index is 935. The van der Waals surface area contributed by atoms with Gasteiger partial charge < -0.3 is 15.5 Å². The molecule has 0 spiro atoms. The van der Waals surface area contributed by atoms with Gasteiger partial charge in [-0.15, -0.1) is 0 Å². The molecule has 0 radical (unpaired) electrons. The molecule has 0 aromatic heterocycles. The second kappa shape index (κ2) is 9.17. The highest BCUT2D eigenvalue weighted by molar-refractivity contribution is 5.94. The number of urea groups is 1. The number of halogens is 1. The first kappa shape index (κ1) is 20.3. The molecule has 29 heavy (non-hydrogen) atoms. The molecule has 1 saturated heterocycles. The predicted molar refractivity (Wildman–Crippen MR) is 108 cm³/mol. The highest BCUT2D eigenvalue weighted by Gasteiger charge is 2.27. The Morgan fingerprint density at radius 1 is 1.03 bits per heavy atom. The van der Waals surface area contributed by atoms with Gasteiger partial charge in [0.15, 0.2) is 0 Å². The summed E-state index contributed by atoms with van der Waals surface area (Å²) in [6.45, 7) is 3.83. The highest BCUT2D eigenvalue weighted by atomic mass is 19.1. The summed E-state index contributed by atoms with van der Waals surface area (Å²) in [4.78, 5) is 28.5. The van der Waals surface area contributed by atoms with Gasteiger partial charge in [-0.2, -0.15) is 5.26 Å². The van der Waals surface area contributed by atoms with Crippen LogP contribution in [-0.2, 0) is 4.79 Å². The lowest BCUT2D eigenvalue weighted by atomic mass is 10.2. The minimum Gasteiger partial charge on any atom is -0.325 e.